The van der Waals surface area contributed by atoms with Crippen LogP contribution in [0.25, 0.3) is 0 Å². The van der Waals surface area contributed by atoms with Gasteiger partial charge in [0.25, 0.3) is 0 Å². The van der Waals surface area contributed by atoms with Gasteiger partial charge in [-0.1, -0.05) is 0 Å². The molecule has 0 aromatic heterocycles. The van der Waals surface area contributed by atoms with Gasteiger partial charge in [0.05, 0.1) is 6.61 Å². The molecule has 1 saturated heterocycles. The molecule has 1 heterocycles. The maximum Gasteiger partial charge on any atom is 0.184 e. The number of rotatable bonds is 3. The molecule has 5 atom stereocenters. The first-order chi connectivity index (χ1) is 6.61. The van der Waals surface area contributed by atoms with Crippen LogP contribution in [-0.2, 0) is 14.2 Å². The zero-order valence-electron chi connectivity index (χ0n) is 8.16. The van der Waals surface area contributed by atoms with E-state index in [1.54, 1.807) is 0 Å². The van der Waals surface area contributed by atoms with Crippen molar-refractivity contribution in [1.82, 2.24) is 0 Å². The van der Waals surface area contributed by atoms with Gasteiger partial charge in [-0.3, -0.25) is 0 Å². The first-order valence-corrected chi connectivity index (χ1v) is 4.33. The normalized spacial score (nSPS) is 43.9. The minimum Gasteiger partial charge on any atom is -0.387 e. The van der Waals surface area contributed by atoms with Gasteiger partial charge in [0.1, 0.15) is 24.4 Å². The topological polar surface area (TPSA) is 88.4 Å². The Kier molecular flexibility index (Phi) is 4.24. The van der Waals surface area contributed by atoms with E-state index >= 15 is 0 Å². The van der Waals surface area contributed by atoms with Crippen LogP contribution < -0.4 is 0 Å². The molecule has 0 aromatic rings. The molecule has 1 fully saturated rings. The lowest BCUT2D eigenvalue weighted by Crippen LogP contribution is -2.59. The number of methoxy groups -OCH3 is 2. The lowest BCUT2D eigenvalue weighted by atomic mass is 9.99. The van der Waals surface area contributed by atoms with Crippen LogP contribution in [0.5, 0.6) is 0 Å². The summed E-state index contributed by atoms with van der Waals surface area (Å²) in [4.78, 5) is 0. The van der Waals surface area contributed by atoms with E-state index in [0.29, 0.717) is 0 Å². The van der Waals surface area contributed by atoms with Gasteiger partial charge < -0.3 is 29.5 Å². The second-order valence-electron chi connectivity index (χ2n) is 3.20. The Labute approximate surface area is 82.0 Å². The molecular formula is C8H16O6. The first kappa shape index (κ1) is 11.8. The summed E-state index contributed by atoms with van der Waals surface area (Å²) >= 11 is 0. The third-order valence-electron chi connectivity index (χ3n) is 2.26. The smallest absolute Gasteiger partial charge is 0.184 e. The van der Waals surface area contributed by atoms with Crippen molar-refractivity contribution in [2.75, 3.05) is 20.8 Å². The van der Waals surface area contributed by atoms with Crippen LogP contribution in [0.1, 0.15) is 0 Å². The molecular weight excluding hydrogens is 192 g/mol. The molecule has 0 saturated carbocycles. The Morgan fingerprint density at radius 2 is 1.79 bits per heavy atom. The molecule has 6 heteroatoms. The molecule has 1 aliphatic heterocycles. The van der Waals surface area contributed by atoms with Gasteiger partial charge in [0.2, 0.25) is 0 Å². The molecule has 3 N–H and O–H groups in total. The summed E-state index contributed by atoms with van der Waals surface area (Å²) in [5.41, 5.74) is 0. The lowest BCUT2D eigenvalue weighted by Gasteiger charge is -2.39. The van der Waals surface area contributed by atoms with Crippen molar-refractivity contribution < 1.29 is 29.5 Å². The van der Waals surface area contributed by atoms with E-state index in [1.165, 1.54) is 14.2 Å². The number of aliphatic hydroxyl groups is 3. The van der Waals surface area contributed by atoms with E-state index in [2.05, 4.69) is 0 Å². The Hall–Kier alpha value is -0.240. The predicted molar refractivity (Wildman–Crippen MR) is 45.6 cm³/mol. The van der Waals surface area contributed by atoms with Crippen molar-refractivity contribution in [2.45, 2.75) is 30.7 Å². The third-order valence-corrected chi connectivity index (χ3v) is 2.26. The maximum atomic E-state index is 9.65. The Bertz CT molecular complexity index is 175. The highest BCUT2D eigenvalue weighted by molar-refractivity contribution is 4.89. The number of hydrogen-bond donors (Lipinski definition) is 3. The average molecular weight is 208 g/mol. The molecule has 0 bridgehead atoms. The van der Waals surface area contributed by atoms with Gasteiger partial charge >= 0.3 is 0 Å². The standard InChI is InChI=1S/C8H16O6/c1-12-3-4-5(9)7(13-2)6(10)8(11)14-4/h4-11H,3H2,1-2H3/t4-,5+,6-,7+,8?/m1/s1. The zero-order valence-corrected chi connectivity index (χ0v) is 8.16. The van der Waals surface area contributed by atoms with E-state index in [-0.39, 0.29) is 6.61 Å². The third kappa shape index (κ3) is 2.22. The molecule has 6 nitrogen and oxygen atoms in total. The van der Waals surface area contributed by atoms with E-state index in [9.17, 15) is 15.3 Å². The van der Waals surface area contributed by atoms with Crippen molar-refractivity contribution in [1.29, 1.82) is 0 Å². The molecule has 14 heavy (non-hydrogen) atoms. The SMILES string of the molecule is COC[C@H]1OC(O)[C@H](O)[C@@H](OC)[C@H]1O. The molecule has 1 rings (SSSR count). The van der Waals surface area contributed by atoms with Crippen molar-refractivity contribution in [3.05, 3.63) is 0 Å². The van der Waals surface area contributed by atoms with Gasteiger partial charge in [0.15, 0.2) is 6.29 Å². The Morgan fingerprint density at radius 3 is 2.29 bits per heavy atom. The highest BCUT2D eigenvalue weighted by atomic mass is 16.7. The van der Waals surface area contributed by atoms with E-state index in [1.807, 2.05) is 0 Å². The zero-order chi connectivity index (χ0) is 10.7. The van der Waals surface area contributed by atoms with Gasteiger partial charge in [-0.25, -0.2) is 0 Å². The Balaban J connectivity index is 2.65. The lowest BCUT2D eigenvalue weighted by molar-refractivity contribution is -0.291. The summed E-state index contributed by atoms with van der Waals surface area (Å²) in [6, 6.07) is 0. The molecule has 0 aromatic carbocycles. The van der Waals surface area contributed by atoms with E-state index in [4.69, 9.17) is 14.2 Å². The van der Waals surface area contributed by atoms with Gasteiger partial charge in [0, 0.05) is 14.2 Å². The first-order valence-electron chi connectivity index (χ1n) is 4.33. The van der Waals surface area contributed by atoms with Crippen LogP contribution in [0.3, 0.4) is 0 Å². The summed E-state index contributed by atoms with van der Waals surface area (Å²) in [5, 5.41) is 28.3. The van der Waals surface area contributed by atoms with Crippen LogP contribution >= 0.6 is 0 Å². The maximum absolute atomic E-state index is 9.65. The summed E-state index contributed by atoms with van der Waals surface area (Å²) in [6.45, 7) is 0.130. The van der Waals surface area contributed by atoms with Crippen molar-refractivity contribution in [3.63, 3.8) is 0 Å². The van der Waals surface area contributed by atoms with E-state index in [0.717, 1.165) is 0 Å². The van der Waals surface area contributed by atoms with Crippen LogP contribution in [0.4, 0.5) is 0 Å². The number of hydrogen-bond acceptors (Lipinski definition) is 6. The van der Waals surface area contributed by atoms with Gasteiger partial charge in [-0.2, -0.15) is 0 Å². The number of ether oxygens (including phenoxy) is 3. The fraction of sp³-hybridized carbons (Fsp3) is 1.00. The van der Waals surface area contributed by atoms with Crippen LogP contribution in [0.15, 0.2) is 0 Å². The fourth-order valence-corrected chi connectivity index (χ4v) is 1.50. The highest BCUT2D eigenvalue weighted by Crippen LogP contribution is 2.21. The number of aliphatic hydroxyl groups excluding tert-OH is 3. The summed E-state index contributed by atoms with van der Waals surface area (Å²) < 4.78 is 14.6. The minimum atomic E-state index is -1.36. The molecule has 0 amide bonds. The quantitative estimate of drug-likeness (QED) is 0.501. The molecule has 84 valence electrons. The minimum absolute atomic E-state index is 0.130. The van der Waals surface area contributed by atoms with Crippen LogP contribution in [0, 0.1) is 0 Å². The summed E-state index contributed by atoms with van der Waals surface area (Å²) in [6.07, 6.45) is -5.17. The summed E-state index contributed by atoms with van der Waals surface area (Å²) in [7, 11) is 2.80. The predicted octanol–water partition coefficient (Wildman–Crippen LogP) is -1.91. The fourth-order valence-electron chi connectivity index (χ4n) is 1.50. The molecule has 0 radical (unpaired) electrons. The Morgan fingerprint density at radius 1 is 1.14 bits per heavy atom. The second kappa shape index (κ2) is 5.01. The molecule has 0 spiro atoms. The average Bonchev–Trinajstić information content (AvgIpc) is 2.16. The van der Waals surface area contributed by atoms with Crippen molar-refractivity contribution >= 4 is 0 Å². The van der Waals surface area contributed by atoms with Gasteiger partial charge in [-0.05, 0) is 0 Å². The van der Waals surface area contributed by atoms with Crippen LogP contribution in [-0.4, -0.2) is 66.9 Å². The largest absolute Gasteiger partial charge is 0.387 e. The van der Waals surface area contributed by atoms with E-state index < -0.39 is 30.7 Å². The second-order valence-corrected chi connectivity index (χ2v) is 3.20. The molecule has 1 aliphatic rings. The molecule has 0 aliphatic carbocycles. The van der Waals surface area contributed by atoms with Gasteiger partial charge in [-0.15, -0.1) is 0 Å². The van der Waals surface area contributed by atoms with Crippen molar-refractivity contribution in [3.8, 4) is 0 Å². The van der Waals surface area contributed by atoms with Crippen LogP contribution in [0.2, 0.25) is 0 Å². The van der Waals surface area contributed by atoms with Crippen molar-refractivity contribution in [2.24, 2.45) is 0 Å². The highest BCUT2D eigenvalue weighted by Gasteiger charge is 2.44. The molecule has 1 unspecified atom stereocenters. The summed E-state index contributed by atoms with van der Waals surface area (Å²) in [5.74, 6) is 0. The monoisotopic (exact) mass is 208 g/mol.